The first-order valence-electron chi connectivity index (χ1n) is 4.95. The molecular formula is C12H15ClO. The van der Waals surface area contributed by atoms with Crippen LogP contribution in [0.5, 0.6) is 0 Å². The first-order chi connectivity index (χ1) is 6.47. The molecule has 0 saturated heterocycles. The lowest BCUT2D eigenvalue weighted by Gasteiger charge is -2.31. The van der Waals surface area contributed by atoms with Crippen molar-refractivity contribution in [1.29, 1.82) is 0 Å². The molecule has 0 spiro atoms. The third-order valence-electron chi connectivity index (χ3n) is 3.57. The first-order valence-corrected chi connectivity index (χ1v) is 5.33. The average Bonchev–Trinajstić information content (AvgIpc) is 2.86. The van der Waals surface area contributed by atoms with E-state index in [9.17, 15) is 5.11 Å². The van der Waals surface area contributed by atoms with Crippen LogP contribution < -0.4 is 0 Å². The summed E-state index contributed by atoms with van der Waals surface area (Å²) in [7, 11) is 0. The minimum Gasteiger partial charge on any atom is -0.385 e. The molecular weight excluding hydrogens is 196 g/mol. The Bertz CT molecular complexity index is 353. The Labute approximate surface area is 89.7 Å². The summed E-state index contributed by atoms with van der Waals surface area (Å²) >= 11 is 6.08. The van der Waals surface area contributed by atoms with Crippen molar-refractivity contribution in [2.24, 2.45) is 5.41 Å². The van der Waals surface area contributed by atoms with Crippen LogP contribution in [0.1, 0.15) is 32.3 Å². The van der Waals surface area contributed by atoms with Gasteiger partial charge in [0.05, 0.1) is 5.60 Å². The van der Waals surface area contributed by atoms with Gasteiger partial charge >= 0.3 is 0 Å². The highest BCUT2D eigenvalue weighted by atomic mass is 35.5. The van der Waals surface area contributed by atoms with Crippen molar-refractivity contribution < 1.29 is 5.11 Å². The molecule has 76 valence electrons. The van der Waals surface area contributed by atoms with Crippen LogP contribution >= 0.6 is 11.6 Å². The summed E-state index contributed by atoms with van der Waals surface area (Å²) in [6.45, 7) is 3.97. The Morgan fingerprint density at radius 2 is 1.93 bits per heavy atom. The predicted octanol–water partition coefficient (Wildman–Crippen LogP) is 3.35. The molecule has 14 heavy (non-hydrogen) atoms. The van der Waals surface area contributed by atoms with Crippen LogP contribution in [0.3, 0.4) is 0 Å². The summed E-state index contributed by atoms with van der Waals surface area (Å²) in [5.74, 6) is 0. The van der Waals surface area contributed by atoms with E-state index in [1.165, 1.54) is 0 Å². The fourth-order valence-electron chi connectivity index (χ4n) is 1.86. The molecule has 0 heterocycles. The molecule has 1 aromatic rings. The molecule has 1 saturated carbocycles. The van der Waals surface area contributed by atoms with Gasteiger partial charge in [-0.15, -0.1) is 0 Å². The number of hydrogen-bond donors (Lipinski definition) is 1. The highest BCUT2D eigenvalue weighted by Crippen LogP contribution is 2.58. The normalized spacial score (nSPS) is 22.9. The standard InChI is InChI=1S/C12H15ClO/c1-11(7-8-11)12(2,14)9-5-3-4-6-10(9)13/h3-6,14H,7-8H2,1-2H3. The van der Waals surface area contributed by atoms with Gasteiger partial charge in [-0.1, -0.05) is 36.7 Å². The number of rotatable bonds is 2. The van der Waals surface area contributed by atoms with Gasteiger partial charge < -0.3 is 5.11 Å². The van der Waals surface area contributed by atoms with E-state index >= 15 is 0 Å². The summed E-state index contributed by atoms with van der Waals surface area (Å²) in [6, 6.07) is 7.54. The summed E-state index contributed by atoms with van der Waals surface area (Å²) in [5.41, 5.74) is 0.0604. The molecule has 0 amide bonds. The van der Waals surface area contributed by atoms with Crippen molar-refractivity contribution in [1.82, 2.24) is 0 Å². The highest BCUT2D eigenvalue weighted by Gasteiger charge is 2.53. The van der Waals surface area contributed by atoms with Crippen molar-refractivity contribution in [3.8, 4) is 0 Å². The van der Waals surface area contributed by atoms with Gasteiger partial charge in [0.25, 0.3) is 0 Å². The smallest absolute Gasteiger partial charge is 0.0936 e. The molecule has 1 aliphatic carbocycles. The second-order valence-electron chi connectivity index (χ2n) is 4.61. The third-order valence-corrected chi connectivity index (χ3v) is 3.90. The zero-order chi connectivity index (χ0) is 10.4. The molecule has 0 bridgehead atoms. The van der Waals surface area contributed by atoms with Crippen LogP contribution in [0.4, 0.5) is 0 Å². The minimum atomic E-state index is -0.800. The molecule has 2 heteroatoms. The van der Waals surface area contributed by atoms with E-state index in [0.29, 0.717) is 5.02 Å². The molecule has 0 aliphatic heterocycles. The SMILES string of the molecule is CC1(C(C)(O)c2ccccc2Cl)CC1. The lowest BCUT2D eigenvalue weighted by Crippen LogP contribution is -2.31. The van der Waals surface area contributed by atoms with Gasteiger partial charge in [0.2, 0.25) is 0 Å². The number of halogens is 1. The Balaban J connectivity index is 2.44. The van der Waals surface area contributed by atoms with E-state index in [0.717, 1.165) is 18.4 Å². The average molecular weight is 211 g/mol. The Kier molecular flexibility index (Phi) is 2.13. The van der Waals surface area contributed by atoms with Gasteiger partial charge in [-0.05, 0) is 25.8 Å². The fraction of sp³-hybridized carbons (Fsp3) is 0.500. The second kappa shape index (κ2) is 2.98. The molecule has 2 rings (SSSR count). The minimum absolute atomic E-state index is 0.0119. The van der Waals surface area contributed by atoms with Gasteiger partial charge in [-0.2, -0.15) is 0 Å². The van der Waals surface area contributed by atoms with Crippen molar-refractivity contribution in [3.63, 3.8) is 0 Å². The van der Waals surface area contributed by atoms with E-state index in [-0.39, 0.29) is 5.41 Å². The quantitative estimate of drug-likeness (QED) is 0.794. The van der Waals surface area contributed by atoms with E-state index in [2.05, 4.69) is 6.92 Å². The Hall–Kier alpha value is -0.530. The van der Waals surface area contributed by atoms with Crippen LogP contribution in [-0.2, 0) is 5.60 Å². The van der Waals surface area contributed by atoms with Crippen molar-refractivity contribution in [2.45, 2.75) is 32.3 Å². The van der Waals surface area contributed by atoms with Crippen LogP contribution in [0.15, 0.2) is 24.3 Å². The van der Waals surface area contributed by atoms with Gasteiger partial charge in [-0.25, -0.2) is 0 Å². The molecule has 1 fully saturated rings. The maximum atomic E-state index is 10.5. The van der Waals surface area contributed by atoms with Gasteiger partial charge in [0.1, 0.15) is 0 Å². The molecule has 1 aliphatic rings. The maximum Gasteiger partial charge on any atom is 0.0936 e. The molecule has 1 N–H and O–H groups in total. The third kappa shape index (κ3) is 1.35. The number of hydrogen-bond acceptors (Lipinski definition) is 1. The van der Waals surface area contributed by atoms with Crippen LogP contribution in [0.2, 0.25) is 5.02 Å². The maximum absolute atomic E-state index is 10.5. The summed E-state index contributed by atoms with van der Waals surface area (Å²) in [6.07, 6.45) is 2.15. The molecule has 1 atom stereocenters. The monoisotopic (exact) mass is 210 g/mol. The van der Waals surface area contributed by atoms with Gasteiger partial charge in [-0.3, -0.25) is 0 Å². The zero-order valence-electron chi connectivity index (χ0n) is 8.55. The molecule has 1 nitrogen and oxygen atoms in total. The van der Waals surface area contributed by atoms with Gasteiger partial charge in [0.15, 0.2) is 0 Å². The number of aliphatic hydroxyl groups is 1. The van der Waals surface area contributed by atoms with Crippen LogP contribution in [0, 0.1) is 5.41 Å². The first kappa shape index (κ1) is 10.0. The molecule has 1 unspecified atom stereocenters. The lowest BCUT2D eigenvalue weighted by atomic mass is 9.81. The van der Waals surface area contributed by atoms with Crippen LogP contribution in [0.25, 0.3) is 0 Å². The fourth-order valence-corrected chi connectivity index (χ4v) is 2.18. The van der Waals surface area contributed by atoms with E-state index in [1.807, 2.05) is 31.2 Å². The summed E-state index contributed by atoms with van der Waals surface area (Å²) in [5, 5.41) is 11.1. The second-order valence-corrected chi connectivity index (χ2v) is 5.02. The molecule has 1 aromatic carbocycles. The van der Waals surface area contributed by atoms with Crippen molar-refractivity contribution in [2.75, 3.05) is 0 Å². The van der Waals surface area contributed by atoms with E-state index in [1.54, 1.807) is 0 Å². The summed E-state index contributed by atoms with van der Waals surface area (Å²) in [4.78, 5) is 0. The molecule has 0 radical (unpaired) electrons. The van der Waals surface area contributed by atoms with Crippen molar-refractivity contribution >= 4 is 11.6 Å². The Morgan fingerprint density at radius 1 is 1.36 bits per heavy atom. The predicted molar refractivity (Wildman–Crippen MR) is 58.4 cm³/mol. The summed E-state index contributed by atoms with van der Waals surface area (Å²) < 4.78 is 0. The number of benzene rings is 1. The van der Waals surface area contributed by atoms with E-state index in [4.69, 9.17) is 11.6 Å². The van der Waals surface area contributed by atoms with E-state index < -0.39 is 5.60 Å². The highest BCUT2D eigenvalue weighted by molar-refractivity contribution is 6.31. The van der Waals surface area contributed by atoms with Gasteiger partial charge in [0, 0.05) is 16.0 Å². The van der Waals surface area contributed by atoms with Crippen LogP contribution in [-0.4, -0.2) is 5.11 Å². The lowest BCUT2D eigenvalue weighted by molar-refractivity contribution is -0.0125. The Morgan fingerprint density at radius 3 is 2.43 bits per heavy atom. The van der Waals surface area contributed by atoms with Crippen molar-refractivity contribution in [3.05, 3.63) is 34.9 Å². The largest absolute Gasteiger partial charge is 0.385 e. The topological polar surface area (TPSA) is 20.2 Å². The molecule has 0 aromatic heterocycles. The zero-order valence-corrected chi connectivity index (χ0v) is 9.30.